The van der Waals surface area contributed by atoms with Crippen molar-refractivity contribution < 1.29 is 0 Å². The summed E-state index contributed by atoms with van der Waals surface area (Å²) in [6.07, 6.45) is 10.0. The third kappa shape index (κ3) is 3.57. The molecule has 116 valence electrons. The van der Waals surface area contributed by atoms with Crippen molar-refractivity contribution in [1.82, 2.24) is 10.2 Å². The minimum atomic E-state index is 0.577. The minimum absolute atomic E-state index is 0.577. The van der Waals surface area contributed by atoms with E-state index in [1.807, 2.05) is 0 Å². The molecule has 2 heteroatoms. The Morgan fingerprint density at radius 1 is 1.00 bits per heavy atom. The van der Waals surface area contributed by atoms with Crippen LogP contribution in [0.2, 0.25) is 0 Å². The molecule has 3 aliphatic rings. The van der Waals surface area contributed by atoms with Crippen molar-refractivity contribution >= 4 is 0 Å². The molecular formula is C18H34N2. The summed E-state index contributed by atoms with van der Waals surface area (Å²) >= 11 is 0. The van der Waals surface area contributed by atoms with Gasteiger partial charge in [-0.3, -0.25) is 4.90 Å². The molecule has 1 N–H and O–H groups in total. The maximum Gasteiger partial charge on any atom is 0.00702 e. The second-order valence-electron chi connectivity index (χ2n) is 8.46. The molecule has 3 rings (SSSR count). The van der Waals surface area contributed by atoms with E-state index in [0.29, 0.717) is 5.41 Å². The second-order valence-corrected chi connectivity index (χ2v) is 8.46. The normalized spacial score (nSPS) is 43.0. The van der Waals surface area contributed by atoms with Crippen molar-refractivity contribution in [1.29, 1.82) is 0 Å². The Kier molecular flexibility index (Phi) is 4.42. The predicted octanol–water partition coefficient (Wildman–Crippen LogP) is 3.67. The fourth-order valence-corrected chi connectivity index (χ4v) is 4.45. The molecule has 2 nitrogen and oxygen atoms in total. The zero-order valence-electron chi connectivity index (χ0n) is 13.8. The van der Waals surface area contributed by atoms with E-state index in [2.05, 4.69) is 31.0 Å². The third-order valence-corrected chi connectivity index (χ3v) is 6.13. The SMILES string of the molecule is CC1CCC(CNC2CC2)(CN2CC(C)CC2C)CC1. The Morgan fingerprint density at radius 3 is 2.25 bits per heavy atom. The van der Waals surface area contributed by atoms with Crippen LogP contribution in [0, 0.1) is 17.3 Å². The van der Waals surface area contributed by atoms with Gasteiger partial charge in [0.15, 0.2) is 0 Å². The lowest BCUT2D eigenvalue weighted by Gasteiger charge is -2.43. The van der Waals surface area contributed by atoms with Gasteiger partial charge in [-0.25, -0.2) is 0 Å². The van der Waals surface area contributed by atoms with Crippen LogP contribution in [0.15, 0.2) is 0 Å². The fourth-order valence-electron chi connectivity index (χ4n) is 4.45. The molecule has 20 heavy (non-hydrogen) atoms. The maximum atomic E-state index is 3.86. The summed E-state index contributed by atoms with van der Waals surface area (Å²) in [5, 5.41) is 3.86. The van der Waals surface area contributed by atoms with Crippen molar-refractivity contribution in [3.8, 4) is 0 Å². The lowest BCUT2D eigenvalue weighted by molar-refractivity contribution is 0.0818. The first kappa shape index (κ1) is 14.8. The van der Waals surface area contributed by atoms with Crippen molar-refractivity contribution in [3.05, 3.63) is 0 Å². The number of nitrogens with one attached hydrogen (secondary N) is 1. The van der Waals surface area contributed by atoms with Gasteiger partial charge in [0, 0.05) is 31.7 Å². The average molecular weight is 278 g/mol. The van der Waals surface area contributed by atoms with E-state index in [4.69, 9.17) is 0 Å². The van der Waals surface area contributed by atoms with E-state index >= 15 is 0 Å². The van der Waals surface area contributed by atoms with Crippen LogP contribution in [-0.4, -0.2) is 36.6 Å². The molecule has 2 saturated carbocycles. The van der Waals surface area contributed by atoms with Crippen LogP contribution >= 0.6 is 0 Å². The molecule has 2 unspecified atom stereocenters. The highest BCUT2D eigenvalue weighted by Gasteiger charge is 2.39. The van der Waals surface area contributed by atoms with Gasteiger partial charge in [0.25, 0.3) is 0 Å². The van der Waals surface area contributed by atoms with Gasteiger partial charge in [-0.15, -0.1) is 0 Å². The molecule has 2 aliphatic carbocycles. The molecule has 0 radical (unpaired) electrons. The highest BCUT2D eigenvalue weighted by atomic mass is 15.2. The van der Waals surface area contributed by atoms with Crippen molar-refractivity contribution in [3.63, 3.8) is 0 Å². The summed E-state index contributed by atoms with van der Waals surface area (Å²) in [6.45, 7) is 11.3. The molecule has 1 saturated heterocycles. The van der Waals surface area contributed by atoms with E-state index in [1.165, 1.54) is 64.6 Å². The minimum Gasteiger partial charge on any atom is -0.313 e. The van der Waals surface area contributed by atoms with Gasteiger partial charge in [-0.1, -0.05) is 26.7 Å². The smallest absolute Gasteiger partial charge is 0.00702 e. The lowest BCUT2D eigenvalue weighted by atomic mass is 9.70. The number of hydrogen-bond acceptors (Lipinski definition) is 2. The highest BCUT2D eigenvalue weighted by molar-refractivity contribution is 4.94. The molecule has 1 heterocycles. The van der Waals surface area contributed by atoms with Crippen molar-refractivity contribution in [2.45, 2.75) is 77.8 Å². The number of hydrogen-bond donors (Lipinski definition) is 1. The molecule has 0 bridgehead atoms. The summed E-state index contributed by atoms with van der Waals surface area (Å²) in [5.74, 6) is 1.86. The van der Waals surface area contributed by atoms with Gasteiger partial charge in [0.1, 0.15) is 0 Å². The summed E-state index contributed by atoms with van der Waals surface area (Å²) in [7, 11) is 0. The lowest BCUT2D eigenvalue weighted by Crippen LogP contribution is -2.47. The second kappa shape index (κ2) is 5.96. The van der Waals surface area contributed by atoms with Gasteiger partial charge in [0.05, 0.1) is 0 Å². The zero-order valence-corrected chi connectivity index (χ0v) is 13.8. The number of likely N-dealkylation sites (tertiary alicyclic amines) is 1. The summed E-state index contributed by atoms with van der Waals surface area (Å²) in [5.41, 5.74) is 0.577. The standard InChI is InChI=1S/C18H34N2/c1-14-6-8-18(9-7-14,12-19-17-4-5-17)13-20-11-15(2)10-16(20)3/h14-17,19H,4-13H2,1-3H3. The first-order valence-electron chi connectivity index (χ1n) is 9.04. The van der Waals surface area contributed by atoms with Gasteiger partial charge >= 0.3 is 0 Å². The quantitative estimate of drug-likeness (QED) is 0.825. The van der Waals surface area contributed by atoms with Crippen LogP contribution in [0.1, 0.15) is 65.7 Å². The van der Waals surface area contributed by atoms with Gasteiger partial charge in [-0.05, 0) is 56.3 Å². The van der Waals surface area contributed by atoms with Crippen LogP contribution in [0.3, 0.4) is 0 Å². The third-order valence-electron chi connectivity index (χ3n) is 6.13. The molecule has 0 aromatic heterocycles. The first-order chi connectivity index (χ1) is 9.56. The summed E-state index contributed by atoms with van der Waals surface area (Å²) < 4.78 is 0. The van der Waals surface area contributed by atoms with E-state index in [9.17, 15) is 0 Å². The molecular weight excluding hydrogens is 244 g/mol. The molecule has 2 atom stereocenters. The van der Waals surface area contributed by atoms with Gasteiger partial charge < -0.3 is 5.32 Å². The number of rotatable bonds is 5. The average Bonchev–Trinajstić information content (AvgIpc) is 3.18. The van der Waals surface area contributed by atoms with Crippen LogP contribution < -0.4 is 5.32 Å². The maximum absolute atomic E-state index is 3.86. The molecule has 3 fully saturated rings. The van der Waals surface area contributed by atoms with Crippen LogP contribution in [0.25, 0.3) is 0 Å². The fraction of sp³-hybridized carbons (Fsp3) is 1.00. The Morgan fingerprint density at radius 2 is 1.70 bits per heavy atom. The topological polar surface area (TPSA) is 15.3 Å². The van der Waals surface area contributed by atoms with Crippen molar-refractivity contribution in [2.75, 3.05) is 19.6 Å². The van der Waals surface area contributed by atoms with Crippen LogP contribution in [0.4, 0.5) is 0 Å². The molecule has 0 amide bonds. The van der Waals surface area contributed by atoms with E-state index < -0.39 is 0 Å². The van der Waals surface area contributed by atoms with Crippen LogP contribution in [-0.2, 0) is 0 Å². The largest absolute Gasteiger partial charge is 0.313 e. The van der Waals surface area contributed by atoms with Crippen LogP contribution in [0.5, 0.6) is 0 Å². The van der Waals surface area contributed by atoms with Crippen molar-refractivity contribution in [2.24, 2.45) is 17.3 Å². The molecule has 1 aliphatic heterocycles. The predicted molar refractivity (Wildman–Crippen MR) is 85.9 cm³/mol. The molecule has 0 aromatic rings. The first-order valence-corrected chi connectivity index (χ1v) is 9.04. The Labute approximate surface area is 125 Å². The summed E-state index contributed by atoms with van der Waals surface area (Å²) in [4.78, 5) is 2.80. The zero-order chi connectivity index (χ0) is 14.2. The highest BCUT2D eigenvalue weighted by Crippen LogP contribution is 2.41. The van der Waals surface area contributed by atoms with Gasteiger partial charge in [-0.2, -0.15) is 0 Å². The Balaban J connectivity index is 1.61. The monoisotopic (exact) mass is 278 g/mol. The van der Waals surface area contributed by atoms with E-state index in [1.54, 1.807) is 0 Å². The molecule has 0 aromatic carbocycles. The van der Waals surface area contributed by atoms with Gasteiger partial charge in [0.2, 0.25) is 0 Å². The Bertz CT molecular complexity index is 315. The Hall–Kier alpha value is -0.0800. The molecule has 0 spiro atoms. The summed E-state index contributed by atoms with van der Waals surface area (Å²) in [6, 6.07) is 1.67. The number of nitrogens with zero attached hydrogens (tertiary/aromatic N) is 1. The van der Waals surface area contributed by atoms with E-state index in [0.717, 1.165) is 23.9 Å². The van der Waals surface area contributed by atoms with E-state index in [-0.39, 0.29) is 0 Å².